The molecule has 7 heteroatoms. The Labute approximate surface area is 204 Å². The standard InChI is InChI=1S/C27H43N3O4/c1-18(24-20(31)14-26(3,4)15-21(24)32)29-12-8-7-10-28-11-9-13-30-19(2)25-22(33)16-27(5,6)17-23(25)34/h28,31,33H,7-17H2,1-6H3. The zero-order valence-electron chi connectivity index (χ0n) is 21.9. The van der Waals surface area contributed by atoms with E-state index in [4.69, 9.17) is 0 Å². The van der Waals surface area contributed by atoms with Crippen LogP contribution >= 0.6 is 0 Å². The number of hydrogen-bond acceptors (Lipinski definition) is 7. The number of aliphatic hydroxyl groups is 2. The molecule has 190 valence electrons. The summed E-state index contributed by atoms with van der Waals surface area (Å²) in [5.74, 6) is 0.305. The summed E-state index contributed by atoms with van der Waals surface area (Å²) in [6, 6.07) is 0. The van der Waals surface area contributed by atoms with Crippen molar-refractivity contribution >= 4 is 23.0 Å². The van der Waals surface area contributed by atoms with Gasteiger partial charge in [0.05, 0.1) is 11.1 Å². The summed E-state index contributed by atoms with van der Waals surface area (Å²) in [5.41, 5.74) is 1.71. The molecule has 2 aliphatic rings. The van der Waals surface area contributed by atoms with Crippen molar-refractivity contribution in [3.63, 3.8) is 0 Å². The second-order valence-electron chi connectivity index (χ2n) is 11.3. The molecular formula is C27H43N3O4. The van der Waals surface area contributed by atoms with Crippen LogP contribution in [-0.4, -0.2) is 59.4 Å². The minimum Gasteiger partial charge on any atom is -0.511 e. The zero-order valence-corrected chi connectivity index (χ0v) is 21.9. The highest BCUT2D eigenvalue weighted by Gasteiger charge is 2.34. The Balaban J connectivity index is 1.64. The summed E-state index contributed by atoms with van der Waals surface area (Å²) in [7, 11) is 0. The molecule has 3 N–H and O–H groups in total. The lowest BCUT2D eigenvalue weighted by Crippen LogP contribution is -2.28. The van der Waals surface area contributed by atoms with Gasteiger partial charge in [0, 0.05) is 50.2 Å². The maximum Gasteiger partial charge on any atom is 0.168 e. The van der Waals surface area contributed by atoms with Gasteiger partial charge in [0.1, 0.15) is 11.5 Å². The average Bonchev–Trinajstić information content (AvgIpc) is 2.66. The van der Waals surface area contributed by atoms with Crippen LogP contribution < -0.4 is 5.32 Å². The maximum atomic E-state index is 12.4. The number of rotatable bonds is 11. The highest BCUT2D eigenvalue weighted by molar-refractivity contribution is 6.23. The molecule has 0 bridgehead atoms. The van der Waals surface area contributed by atoms with Crippen LogP contribution in [0.3, 0.4) is 0 Å². The topological polar surface area (TPSA) is 111 Å². The molecule has 0 aromatic heterocycles. The minimum absolute atomic E-state index is 0.0160. The molecule has 0 saturated carbocycles. The van der Waals surface area contributed by atoms with Gasteiger partial charge in [-0.15, -0.1) is 0 Å². The molecule has 0 aromatic carbocycles. The summed E-state index contributed by atoms with van der Waals surface area (Å²) in [6.07, 6.45) is 4.64. The maximum absolute atomic E-state index is 12.4. The Kier molecular flexibility index (Phi) is 9.80. The molecule has 0 spiro atoms. The molecule has 0 fully saturated rings. The third-order valence-electron chi connectivity index (χ3n) is 6.40. The van der Waals surface area contributed by atoms with E-state index in [1.807, 2.05) is 27.7 Å². The fourth-order valence-corrected chi connectivity index (χ4v) is 4.74. The number of ketones is 2. The van der Waals surface area contributed by atoms with Crippen LogP contribution in [0.4, 0.5) is 0 Å². The Morgan fingerprint density at radius 2 is 1.15 bits per heavy atom. The lowest BCUT2D eigenvalue weighted by Gasteiger charge is -2.29. The van der Waals surface area contributed by atoms with Gasteiger partial charge in [-0.1, -0.05) is 27.7 Å². The smallest absolute Gasteiger partial charge is 0.168 e. The Morgan fingerprint density at radius 3 is 1.59 bits per heavy atom. The van der Waals surface area contributed by atoms with E-state index in [0.29, 0.717) is 61.3 Å². The van der Waals surface area contributed by atoms with Crippen molar-refractivity contribution in [2.24, 2.45) is 20.8 Å². The summed E-state index contributed by atoms with van der Waals surface area (Å²) in [5, 5.41) is 23.9. The van der Waals surface area contributed by atoms with Gasteiger partial charge < -0.3 is 15.5 Å². The molecule has 0 aliphatic heterocycles. The highest BCUT2D eigenvalue weighted by Crippen LogP contribution is 2.37. The molecule has 7 nitrogen and oxygen atoms in total. The number of unbranched alkanes of at least 4 members (excludes halogenated alkanes) is 1. The van der Waals surface area contributed by atoms with Crippen molar-refractivity contribution in [2.75, 3.05) is 26.2 Å². The number of aliphatic hydroxyl groups excluding tert-OH is 2. The normalized spacial score (nSPS) is 21.5. The van der Waals surface area contributed by atoms with Crippen LogP contribution in [0.5, 0.6) is 0 Å². The first-order valence-corrected chi connectivity index (χ1v) is 12.5. The molecule has 2 aliphatic carbocycles. The van der Waals surface area contributed by atoms with Gasteiger partial charge in [0.15, 0.2) is 11.6 Å². The third kappa shape index (κ3) is 8.19. The van der Waals surface area contributed by atoms with Crippen molar-refractivity contribution in [2.45, 2.75) is 86.5 Å². The summed E-state index contributed by atoms with van der Waals surface area (Å²) >= 11 is 0. The van der Waals surface area contributed by atoms with E-state index >= 15 is 0 Å². The minimum atomic E-state index is -0.192. The largest absolute Gasteiger partial charge is 0.511 e. The van der Waals surface area contributed by atoms with E-state index in [1.54, 1.807) is 13.8 Å². The molecular weight excluding hydrogens is 430 g/mol. The third-order valence-corrected chi connectivity index (χ3v) is 6.40. The van der Waals surface area contributed by atoms with Crippen molar-refractivity contribution in [3.05, 3.63) is 22.7 Å². The van der Waals surface area contributed by atoms with E-state index < -0.39 is 0 Å². The van der Waals surface area contributed by atoms with E-state index in [1.165, 1.54) is 0 Å². The Morgan fingerprint density at radius 1 is 0.735 bits per heavy atom. The molecule has 0 unspecified atom stereocenters. The van der Waals surface area contributed by atoms with Gasteiger partial charge in [-0.25, -0.2) is 0 Å². The second kappa shape index (κ2) is 11.9. The second-order valence-corrected chi connectivity index (χ2v) is 11.3. The summed E-state index contributed by atoms with van der Waals surface area (Å²) in [6.45, 7) is 14.5. The Bertz CT molecular complexity index is 833. The predicted molar refractivity (Wildman–Crippen MR) is 138 cm³/mol. The molecule has 34 heavy (non-hydrogen) atoms. The molecule has 0 atom stereocenters. The van der Waals surface area contributed by atoms with Crippen LogP contribution in [0, 0.1) is 10.8 Å². The van der Waals surface area contributed by atoms with E-state index in [-0.39, 0.29) is 33.9 Å². The monoisotopic (exact) mass is 473 g/mol. The molecule has 0 heterocycles. The summed E-state index contributed by atoms with van der Waals surface area (Å²) < 4.78 is 0. The highest BCUT2D eigenvalue weighted by atomic mass is 16.3. The van der Waals surface area contributed by atoms with Crippen molar-refractivity contribution in [1.29, 1.82) is 0 Å². The van der Waals surface area contributed by atoms with Gasteiger partial charge in [-0.2, -0.15) is 0 Å². The molecule has 0 saturated heterocycles. The van der Waals surface area contributed by atoms with E-state index in [2.05, 4.69) is 15.3 Å². The molecule has 2 rings (SSSR count). The van der Waals surface area contributed by atoms with Gasteiger partial charge in [0.25, 0.3) is 0 Å². The lowest BCUT2D eigenvalue weighted by atomic mass is 9.76. The number of hydrogen-bond donors (Lipinski definition) is 3. The number of carbonyl (C=O) groups excluding carboxylic acids is 2. The first kappa shape index (κ1) is 28.0. The SMILES string of the molecule is CC(=NCCCCNCCCN=C(C)C1=C(O)CC(C)(C)CC1=O)C1=C(O)CC(C)(C)CC1=O. The van der Waals surface area contributed by atoms with Crippen LogP contribution in [0.15, 0.2) is 32.6 Å². The number of nitrogens with one attached hydrogen (secondary N) is 1. The number of Topliss-reactive ketones (excluding diaryl/α,β-unsaturated/α-hetero) is 2. The fourth-order valence-electron chi connectivity index (χ4n) is 4.74. The first-order valence-electron chi connectivity index (χ1n) is 12.5. The molecule has 0 aromatic rings. The number of aliphatic imine (C=N–C) groups is 2. The van der Waals surface area contributed by atoms with Crippen LogP contribution in [0.25, 0.3) is 0 Å². The van der Waals surface area contributed by atoms with Crippen molar-refractivity contribution < 1.29 is 19.8 Å². The average molecular weight is 474 g/mol. The quantitative estimate of drug-likeness (QED) is 0.286. The number of nitrogens with zero attached hydrogens (tertiary/aromatic N) is 2. The molecule has 0 radical (unpaired) electrons. The van der Waals surface area contributed by atoms with Crippen LogP contribution in [0.2, 0.25) is 0 Å². The predicted octanol–water partition coefficient (Wildman–Crippen LogP) is 5.07. The van der Waals surface area contributed by atoms with Crippen molar-refractivity contribution in [1.82, 2.24) is 5.32 Å². The Hall–Kier alpha value is -2.28. The fraction of sp³-hybridized carbons (Fsp3) is 0.704. The van der Waals surface area contributed by atoms with Gasteiger partial charge in [0.2, 0.25) is 0 Å². The van der Waals surface area contributed by atoms with Gasteiger partial charge in [-0.05, 0) is 57.0 Å². The molecule has 0 amide bonds. The summed E-state index contributed by atoms with van der Waals surface area (Å²) in [4.78, 5) is 33.7. The van der Waals surface area contributed by atoms with E-state index in [9.17, 15) is 19.8 Å². The van der Waals surface area contributed by atoms with E-state index in [0.717, 1.165) is 32.4 Å². The van der Waals surface area contributed by atoms with Crippen LogP contribution in [0.1, 0.15) is 86.5 Å². The van der Waals surface area contributed by atoms with Gasteiger partial charge >= 0.3 is 0 Å². The van der Waals surface area contributed by atoms with Gasteiger partial charge in [-0.3, -0.25) is 19.6 Å². The number of carbonyl (C=O) groups is 2. The lowest BCUT2D eigenvalue weighted by molar-refractivity contribution is -0.118. The first-order chi connectivity index (χ1) is 15.8. The zero-order chi connectivity index (χ0) is 25.5. The van der Waals surface area contributed by atoms with Crippen LogP contribution in [-0.2, 0) is 9.59 Å². The van der Waals surface area contributed by atoms with Crippen molar-refractivity contribution in [3.8, 4) is 0 Å². The number of allylic oxidation sites excluding steroid dienone is 4.